The van der Waals surface area contributed by atoms with Crippen LogP contribution in [0.1, 0.15) is 38.9 Å². The smallest absolute Gasteiger partial charge is 0.237 e. The third-order valence-corrected chi connectivity index (χ3v) is 8.24. The van der Waals surface area contributed by atoms with Crippen LogP contribution in [0.2, 0.25) is 0 Å². The summed E-state index contributed by atoms with van der Waals surface area (Å²) in [4.78, 5) is 10.8. The molecule has 47 heavy (non-hydrogen) atoms. The van der Waals surface area contributed by atoms with Crippen LogP contribution >= 0.6 is 0 Å². The monoisotopic (exact) mass is 612 g/mol. The minimum Gasteiger partial charge on any atom is -0.237 e. The molecule has 0 spiro atoms. The number of halogens is 3. The summed E-state index contributed by atoms with van der Waals surface area (Å²) < 4.78 is 42.0. The number of aryl methyl sites for hydroxylation is 1. The van der Waals surface area contributed by atoms with Gasteiger partial charge < -0.3 is 0 Å². The summed E-state index contributed by atoms with van der Waals surface area (Å²) >= 11 is 0. The van der Waals surface area contributed by atoms with Crippen molar-refractivity contribution in [3.8, 4) is 40.5 Å². The van der Waals surface area contributed by atoms with E-state index < -0.39 is 17.3 Å². The number of fused-ring (bicyclic) bond motifs is 4. The van der Waals surface area contributed by atoms with Gasteiger partial charge in [0.15, 0.2) is 5.69 Å². The molecule has 4 aromatic carbocycles. The molecule has 2 aliphatic carbocycles. The molecular weight excluding hydrogens is 597 g/mol. The summed E-state index contributed by atoms with van der Waals surface area (Å²) in [6.07, 6.45) is -4.82. The lowest BCUT2D eigenvalue weighted by molar-refractivity contribution is -0.137. The molecule has 6 rings (SSSR count). The summed E-state index contributed by atoms with van der Waals surface area (Å²) in [7, 11) is 0. The van der Waals surface area contributed by atoms with E-state index >= 15 is 0 Å². The molecule has 0 amide bonds. The van der Waals surface area contributed by atoms with Gasteiger partial charge in [-0.1, -0.05) is 66.7 Å². The number of rotatable bonds is 2. The van der Waals surface area contributed by atoms with Crippen molar-refractivity contribution >= 4 is 28.0 Å². The number of para-hydroxylation sites is 1. The van der Waals surface area contributed by atoms with Gasteiger partial charge in [0.2, 0.25) is 0 Å². The van der Waals surface area contributed by atoms with Crippen molar-refractivity contribution in [3.05, 3.63) is 157 Å². The maximum atomic E-state index is 14.0. The lowest BCUT2D eigenvalue weighted by atomic mass is 9.83. The number of allylic oxidation sites excluding steroid dienone is 6. The third kappa shape index (κ3) is 4.29. The summed E-state index contributed by atoms with van der Waals surface area (Å²) in [5.41, 5.74) is 2.60. The number of hydrogen-bond donors (Lipinski definition) is 0. The van der Waals surface area contributed by atoms with Crippen molar-refractivity contribution in [1.29, 1.82) is 15.8 Å². The lowest BCUT2D eigenvalue weighted by Crippen LogP contribution is -2.09. The van der Waals surface area contributed by atoms with E-state index in [9.17, 15) is 29.0 Å². The molecule has 0 saturated carbocycles. The molecule has 0 aromatic heterocycles. The zero-order chi connectivity index (χ0) is 33.6. The van der Waals surface area contributed by atoms with Crippen LogP contribution in [-0.2, 0) is 6.18 Å². The minimum atomic E-state index is -4.82. The van der Waals surface area contributed by atoms with Crippen molar-refractivity contribution in [2.24, 2.45) is 0 Å². The van der Waals surface area contributed by atoms with Crippen LogP contribution < -0.4 is 0 Å². The fraction of sp³-hybridized carbons (Fsp3) is 0.0526. The molecular formula is C38H15F3N6. The first-order valence-corrected chi connectivity index (χ1v) is 13.8. The Morgan fingerprint density at radius 2 is 1.09 bits per heavy atom. The first-order chi connectivity index (χ1) is 22.7. The Hall–Kier alpha value is -7.17. The van der Waals surface area contributed by atoms with Crippen LogP contribution in [0.25, 0.3) is 59.1 Å². The van der Waals surface area contributed by atoms with E-state index in [0.29, 0.717) is 44.7 Å². The number of alkyl halides is 3. The minimum absolute atomic E-state index is 0.0493. The van der Waals surface area contributed by atoms with Gasteiger partial charge in [-0.25, -0.2) is 25.1 Å². The van der Waals surface area contributed by atoms with Gasteiger partial charge in [0.1, 0.15) is 6.07 Å². The second-order valence-electron chi connectivity index (χ2n) is 10.5. The van der Waals surface area contributed by atoms with Gasteiger partial charge in [-0.05, 0) is 68.6 Å². The standard InChI is InChI=1S/C38H15F3N6/c1-20-9-5-13-24(37(20)47-4)23-12-7-15-26-32(23)36(30(19-44)46-3)33-25-14-6-11-22(31(25)35(34(26)33)29(18-43)45-2)21-10-8-16-28(27(21)17-42)38(39,40)41/h5-16H,1H3/b35-29-,36-30+. The molecule has 0 radical (unpaired) electrons. The van der Waals surface area contributed by atoms with Gasteiger partial charge in [0, 0.05) is 16.7 Å². The van der Waals surface area contributed by atoms with Gasteiger partial charge in [0.05, 0.1) is 43.0 Å². The molecule has 4 aromatic rings. The van der Waals surface area contributed by atoms with Gasteiger partial charge in [-0.15, -0.1) is 0 Å². The quantitative estimate of drug-likeness (QED) is 0.167. The van der Waals surface area contributed by atoms with Gasteiger partial charge in [-0.3, -0.25) is 0 Å². The Bertz CT molecular complexity index is 2440. The van der Waals surface area contributed by atoms with Crippen molar-refractivity contribution in [1.82, 2.24) is 0 Å². The Labute approximate surface area is 267 Å². The molecule has 9 heteroatoms. The summed E-state index contributed by atoms with van der Waals surface area (Å²) in [6.45, 7) is 25.5. The van der Waals surface area contributed by atoms with Crippen molar-refractivity contribution < 1.29 is 13.2 Å². The maximum Gasteiger partial charge on any atom is 0.417 e. The normalized spacial score (nSPS) is 14.7. The molecule has 218 valence electrons. The predicted molar refractivity (Wildman–Crippen MR) is 170 cm³/mol. The van der Waals surface area contributed by atoms with E-state index in [4.69, 9.17) is 19.7 Å². The number of hydrogen-bond acceptors (Lipinski definition) is 3. The Balaban J connectivity index is 1.78. The molecule has 0 bridgehead atoms. The van der Waals surface area contributed by atoms with Crippen LogP contribution in [0.5, 0.6) is 0 Å². The van der Waals surface area contributed by atoms with Crippen LogP contribution in [-0.4, -0.2) is 0 Å². The molecule has 0 heterocycles. The molecule has 0 N–H and O–H groups in total. The topological polar surface area (TPSA) is 84.4 Å². The number of benzene rings is 4. The summed E-state index contributed by atoms with van der Waals surface area (Å²) in [5, 5.41) is 30.4. The van der Waals surface area contributed by atoms with Crippen LogP contribution in [0, 0.1) is 60.6 Å². The zero-order valence-electron chi connectivity index (χ0n) is 24.2. The van der Waals surface area contributed by atoms with Crippen LogP contribution in [0.3, 0.4) is 0 Å². The number of nitriles is 3. The second kappa shape index (κ2) is 11.1. The molecule has 0 unspecified atom stereocenters. The van der Waals surface area contributed by atoms with E-state index in [-0.39, 0.29) is 39.2 Å². The summed E-state index contributed by atoms with van der Waals surface area (Å²) in [5.74, 6) is 0. The van der Waals surface area contributed by atoms with E-state index in [1.807, 2.05) is 12.1 Å². The molecule has 0 aliphatic heterocycles. The second-order valence-corrected chi connectivity index (χ2v) is 10.5. The van der Waals surface area contributed by atoms with E-state index in [0.717, 1.165) is 11.6 Å². The van der Waals surface area contributed by atoms with E-state index in [1.54, 1.807) is 61.5 Å². The van der Waals surface area contributed by atoms with Gasteiger partial charge in [-0.2, -0.15) is 18.4 Å². The highest BCUT2D eigenvalue weighted by molar-refractivity contribution is 6.39. The van der Waals surface area contributed by atoms with Crippen molar-refractivity contribution in [2.45, 2.75) is 13.1 Å². The largest absolute Gasteiger partial charge is 0.417 e. The first-order valence-electron chi connectivity index (χ1n) is 13.8. The Morgan fingerprint density at radius 3 is 1.55 bits per heavy atom. The summed E-state index contributed by atoms with van der Waals surface area (Å²) in [6, 6.07) is 24.3. The molecule has 0 atom stereocenters. The molecule has 6 nitrogen and oxygen atoms in total. The molecule has 0 fully saturated rings. The molecule has 0 saturated heterocycles. The van der Waals surface area contributed by atoms with E-state index in [2.05, 4.69) is 14.5 Å². The lowest BCUT2D eigenvalue weighted by Gasteiger charge is -2.20. The Morgan fingerprint density at radius 1 is 0.638 bits per heavy atom. The highest BCUT2D eigenvalue weighted by Crippen LogP contribution is 2.62. The zero-order valence-corrected chi connectivity index (χ0v) is 24.2. The Kier molecular flexibility index (Phi) is 7.04. The SMILES string of the molecule is [C-]#[N+]/C(C#N)=C1C2=C(/C(=C(\C#N)[N+]#[C-])c3c2cccc3-c2cccc(C)c2[N+]#[C-])c2cccc(-c3cccc(C(F)(F)F)c3C#N)c2\1. The fourth-order valence-electron chi connectivity index (χ4n) is 6.45. The first kappa shape index (κ1) is 29.9. The average Bonchev–Trinajstić information content (AvgIpc) is 3.59. The highest BCUT2D eigenvalue weighted by atomic mass is 19.4. The van der Waals surface area contributed by atoms with E-state index in [1.165, 1.54) is 18.2 Å². The molecule has 2 aliphatic rings. The van der Waals surface area contributed by atoms with Crippen LogP contribution in [0.4, 0.5) is 18.9 Å². The highest BCUT2D eigenvalue weighted by Gasteiger charge is 2.42. The van der Waals surface area contributed by atoms with Crippen molar-refractivity contribution in [3.63, 3.8) is 0 Å². The third-order valence-electron chi connectivity index (χ3n) is 8.24. The number of nitrogens with zero attached hydrogens (tertiary/aromatic N) is 6. The predicted octanol–water partition coefficient (Wildman–Crippen LogP) is 10.0. The van der Waals surface area contributed by atoms with Crippen LogP contribution in [0.15, 0.2) is 84.2 Å². The van der Waals surface area contributed by atoms with Crippen molar-refractivity contribution in [2.75, 3.05) is 0 Å². The average molecular weight is 613 g/mol. The maximum absolute atomic E-state index is 14.0. The van der Waals surface area contributed by atoms with Gasteiger partial charge in [0.25, 0.3) is 11.4 Å². The fourth-order valence-corrected chi connectivity index (χ4v) is 6.45. The van der Waals surface area contributed by atoms with Gasteiger partial charge >= 0.3 is 6.18 Å².